The second-order valence-corrected chi connectivity index (χ2v) is 6.25. The quantitative estimate of drug-likeness (QED) is 0.236. The summed E-state index contributed by atoms with van der Waals surface area (Å²) in [5.41, 5.74) is 0. The summed E-state index contributed by atoms with van der Waals surface area (Å²) in [7, 11) is -2.83. The van der Waals surface area contributed by atoms with E-state index in [0.29, 0.717) is 6.54 Å². The fourth-order valence-electron chi connectivity index (χ4n) is 2.04. The van der Waals surface area contributed by atoms with Gasteiger partial charge >= 0.3 is 37.4 Å². The second-order valence-electron chi connectivity index (χ2n) is 5.11. The van der Waals surface area contributed by atoms with Gasteiger partial charge in [-0.2, -0.15) is 9.69 Å². The van der Waals surface area contributed by atoms with Crippen molar-refractivity contribution in [1.82, 2.24) is 5.06 Å². The van der Waals surface area contributed by atoms with Crippen molar-refractivity contribution in [1.29, 1.82) is 0 Å². The molecule has 20 heavy (non-hydrogen) atoms. The first-order chi connectivity index (χ1) is 8.95. The number of phosphoric acid groups is 1. The molecular formula is C13H31NNaO4P. The average molecular weight is 319 g/mol. The minimum absolute atomic E-state index is 0. The summed E-state index contributed by atoms with van der Waals surface area (Å²) in [6, 6.07) is 0. The van der Waals surface area contributed by atoms with Crippen molar-refractivity contribution >= 4 is 37.4 Å². The van der Waals surface area contributed by atoms with Crippen LogP contribution in [0.1, 0.15) is 71.1 Å². The summed E-state index contributed by atoms with van der Waals surface area (Å²) in [6.07, 6.45) is 12.5. The van der Waals surface area contributed by atoms with E-state index in [4.69, 9.17) is 9.79 Å². The first-order valence-electron chi connectivity index (χ1n) is 7.42. The van der Waals surface area contributed by atoms with Crippen LogP contribution < -0.4 is 0 Å². The van der Waals surface area contributed by atoms with Gasteiger partial charge in [-0.25, -0.2) is 4.57 Å². The summed E-state index contributed by atoms with van der Waals surface area (Å²) in [4.78, 5) is 17.2. The summed E-state index contributed by atoms with van der Waals surface area (Å²) >= 11 is 0. The molecule has 7 heteroatoms. The third-order valence-electron chi connectivity index (χ3n) is 3.07. The van der Waals surface area contributed by atoms with Crippen LogP contribution in [0.15, 0.2) is 0 Å². The van der Waals surface area contributed by atoms with Crippen LogP contribution in [0, 0.1) is 0 Å². The van der Waals surface area contributed by atoms with Crippen LogP contribution in [0.3, 0.4) is 0 Å². The van der Waals surface area contributed by atoms with E-state index in [2.05, 4.69) is 11.5 Å². The summed E-state index contributed by atoms with van der Waals surface area (Å²) in [5, 5.41) is 1.23. The SMILES string of the molecule is CCCCCCCCCCCCN(C)OP(=O)(O)O.[NaH]. The Balaban J connectivity index is 0. The topological polar surface area (TPSA) is 70.0 Å². The molecule has 0 amide bonds. The van der Waals surface area contributed by atoms with Gasteiger partial charge in [-0.15, -0.1) is 0 Å². The molecule has 0 aromatic rings. The van der Waals surface area contributed by atoms with Crippen molar-refractivity contribution in [3.8, 4) is 0 Å². The van der Waals surface area contributed by atoms with Gasteiger partial charge in [-0.3, -0.25) is 0 Å². The van der Waals surface area contributed by atoms with Gasteiger partial charge < -0.3 is 9.79 Å². The molecule has 0 atom stereocenters. The number of hydrogen-bond acceptors (Lipinski definition) is 3. The van der Waals surface area contributed by atoms with Crippen LogP contribution in [-0.2, 0) is 9.19 Å². The third-order valence-corrected chi connectivity index (χ3v) is 3.56. The first kappa shape index (κ1) is 23.3. The molecule has 0 rings (SSSR count). The monoisotopic (exact) mass is 319 g/mol. The fourth-order valence-corrected chi connectivity index (χ4v) is 2.49. The van der Waals surface area contributed by atoms with E-state index in [1.807, 2.05) is 0 Å². The van der Waals surface area contributed by atoms with Crippen LogP contribution in [0.2, 0.25) is 0 Å². The van der Waals surface area contributed by atoms with Crippen LogP contribution in [-0.4, -0.2) is 58.0 Å². The molecule has 0 bridgehead atoms. The fraction of sp³-hybridized carbons (Fsp3) is 1.00. The van der Waals surface area contributed by atoms with E-state index in [1.165, 1.54) is 56.4 Å². The molecule has 0 radical (unpaired) electrons. The molecule has 0 saturated heterocycles. The molecule has 0 unspecified atom stereocenters. The van der Waals surface area contributed by atoms with Gasteiger partial charge in [-0.1, -0.05) is 64.7 Å². The molecule has 5 nitrogen and oxygen atoms in total. The van der Waals surface area contributed by atoms with Gasteiger partial charge in [-0.05, 0) is 6.42 Å². The minimum atomic E-state index is -4.38. The zero-order chi connectivity index (χ0) is 14.6. The van der Waals surface area contributed by atoms with E-state index in [0.717, 1.165) is 12.8 Å². The third kappa shape index (κ3) is 19.1. The van der Waals surface area contributed by atoms with Crippen molar-refractivity contribution in [2.45, 2.75) is 71.1 Å². The van der Waals surface area contributed by atoms with E-state index in [-0.39, 0.29) is 29.6 Å². The molecule has 0 aliphatic heterocycles. The van der Waals surface area contributed by atoms with Crippen LogP contribution >= 0.6 is 7.82 Å². The molecule has 0 aliphatic rings. The van der Waals surface area contributed by atoms with Crippen molar-refractivity contribution in [3.63, 3.8) is 0 Å². The Morgan fingerprint density at radius 2 is 1.30 bits per heavy atom. The van der Waals surface area contributed by atoms with Gasteiger partial charge in [0, 0.05) is 13.6 Å². The van der Waals surface area contributed by atoms with Crippen LogP contribution in [0.4, 0.5) is 0 Å². The molecule has 0 aromatic heterocycles. The Morgan fingerprint density at radius 1 is 0.900 bits per heavy atom. The normalized spacial score (nSPS) is 11.7. The van der Waals surface area contributed by atoms with Crippen LogP contribution in [0.25, 0.3) is 0 Å². The standard InChI is InChI=1S/C13H30NO4P.Na.H/c1-3-4-5-6-7-8-9-10-11-12-13-14(2)18-19(15,16)17;;/h3-13H2,1-2H3,(H2,15,16,17);;. The van der Waals surface area contributed by atoms with E-state index in [9.17, 15) is 4.57 Å². The van der Waals surface area contributed by atoms with Crippen molar-refractivity contribution in [2.75, 3.05) is 13.6 Å². The molecule has 118 valence electrons. The molecule has 0 fully saturated rings. The van der Waals surface area contributed by atoms with Gasteiger partial charge in [0.15, 0.2) is 0 Å². The Bertz CT molecular complexity index is 251. The maximum absolute atomic E-state index is 10.6. The summed E-state index contributed by atoms with van der Waals surface area (Å²) < 4.78 is 15.0. The molecule has 0 aliphatic carbocycles. The Labute approximate surface area is 145 Å². The molecule has 2 N–H and O–H groups in total. The van der Waals surface area contributed by atoms with Gasteiger partial charge in [0.1, 0.15) is 0 Å². The first-order valence-corrected chi connectivity index (χ1v) is 8.95. The van der Waals surface area contributed by atoms with Gasteiger partial charge in [0.05, 0.1) is 0 Å². The molecule has 0 saturated carbocycles. The van der Waals surface area contributed by atoms with Crippen LogP contribution in [0.5, 0.6) is 0 Å². The molecule has 0 heterocycles. The number of rotatable bonds is 13. The number of nitrogens with zero attached hydrogens (tertiary/aromatic N) is 1. The summed E-state index contributed by atoms with van der Waals surface area (Å²) in [5.74, 6) is 0. The second kappa shape index (κ2) is 15.0. The van der Waals surface area contributed by atoms with E-state index >= 15 is 0 Å². The zero-order valence-corrected chi connectivity index (χ0v) is 13.3. The van der Waals surface area contributed by atoms with Crippen molar-refractivity contribution in [2.24, 2.45) is 0 Å². The summed E-state index contributed by atoms with van der Waals surface area (Å²) in [6.45, 7) is 2.79. The molecule has 0 aromatic carbocycles. The predicted molar refractivity (Wildman–Crippen MR) is 84.8 cm³/mol. The number of hydrogen-bond donors (Lipinski definition) is 2. The Morgan fingerprint density at radius 3 is 1.70 bits per heavy atom. The van der Waals surface area contributed by atoms with E-state index < -0.39 is 7.82 Å². The average Bonchev–Trinajstić information content (AvgIpc) is 2.29. The Kier molecular flexibility index (Phi) is 17.5. The number of unbranched alkanes of at least 4 members (excludes halogenated alkanes) is 9. The van der Waals surface area contributed by atoms with Crippen molar-refractivity contribution < 1.29 is 19.0 Å². The Hall–Kier alpha value is 1.07. The molecular weight excluding hydrogens is 288 g/mol. The van der Waals surface area contributed by atoms with E-state index in [1.54, 1.807) is 7.05 Å². The maximum atomic E-state index is 10.6. The molecule has 0 spiro atoms. The van der Waals surface area contributed by atoms with Gasteiger partial charge in [0.25, 0.3) is 0 Å². The van der Waals surface area contributed by atoms with Crippen molar-refractivity contribution in [3.05, 3.63) is 0 Å². The predicted octanol–water partition coefficient (Wildman–Crippen LogP) is 3.21. The van der Waals surface area contributed by atoms with Gasteiger partial charge in [0.2, 0.25) is 0 Å². The number of hydroxylamine groups is 2. The zero-order valence-electron chi connectivity index (χ0n) is 12.4.